The van der Waals surface area contributed by atoms with Crippen LogP contribution >= 0.6 is 0 Å². The maximum absolute atomic E-state index is 14.7. The van der Waals surface area contributed by atoms with Crippen molar-refractivity contribution in [2.75, 3.05) is 61.1 Å². The van der Waals surface area contributed by atoms with Gasteiger partial charge in [0.25, 0.3) is 17.7 Å². The van der Waals surface area contributed by atoms with Gasteiger partial charge in [-0.05, 0) is 87.6 Å². The van der Waals surface area contributed by atoms with Crippen LogP contribution in [-0.2, 0) is 54.3 Å². The second-order valence-corrected chi connectivity index (χ2v) is 20.5. The van der Waals surface area contributed by atoms with Gasteiger partial charge in [0.05, 0.1) is 49.3 Å². The molecule has 0 spiro atoms. The number of nitrogens with one attached hydrogen (secondary N) is 2. The summed E-state index contributed by atoms with van der Waals surface area (Å²) in [7, 11) is 6.69. The highest BCUT2D eigenvalue weighted by Gasteiger charge is 2.44. The number of nitrogens with zero attached hydrogens (tertiary/aromatic N) is 5. The molecule has 18 heteroatoms. The summed E-state index contributed by atoms with van der Waals surface area (Å²) >= 11 is 0. The summed E-state index contributed by atoms with van der Waals surface area (Å²) in [4.78, 5) is 107. The molecule has 0 unspecified atom stereocenters. The summed E-state index contributed by atoms with van der Waals surface area (Å²) in [6.07, 6.45) is 8.11. The SMILES string of the molecule is CC[C@H](C)[C@@H]([C@@H](CC(=O)N1CCC[C@H]1[C@H](OC)[C@@H](C)C(=O)N[C@@H](Cc1ccc(O)cc1)C(=O)N1CCCCO1)OC)N(C)C(=O)[C@@H](NC(=O)[C@H](C(C)C)N(C)CCCCCCN1C(=O)C=CC1=O)C(C)C. The van der Waals surface area contributed by atoms with Gasteiger partial charge in [0.15, 0.2) is 0 Å². The lowest BCUT2D eigenvalue weighted by molar-refractivity contribution is -0.199. The Hall–Kier alpha value is -4.91. The van der Waals surface area contributed by atoms with E-state index in [1.165, 1.54) is 41.4 Å². The number of likely N-dealkylation sites (N-methyl/N-ethyl adjacent to an activating group) is 2. The third kappa shape index (κ3) is 16.0. The van der Waals surface area contributed by atoms with Crippen molar-refractivity contribution < 1.29 is 53.0 Å². The summed E-state index contributed by atoms with van der Waals surface area (Å²) in [5.41, 5.74) is 0.744. The van der Waals surface area contributed by atoms with E-state index in [1.807, 2.05) is 53.5 Å². The quantitative estimate of drug-likeness (QED) is 0.0786. The van der Waals surface area contributed by atoms with Gasteiger partial charge < -0.3 is 35.0 Å². The van der Waals surface area contributed by atoms with Crippen LogP contribution in [0.3, 0.4) is 0 Å². The van der Waals surface area contributed by atoms with E-state index in [4.69, 9.17) is 14.3 Å². The standard InChI is InChI=1S/C53H85N7O11/c1-12-36(6)48(57(9)53(68)46(34(2)3)55-51(66)47(35(4)5)56(8)27-15-13-14-16-28-59-43(62)25-26-44(59)63)42(69-10)33-45(64)58-29-19-20-41(58)49(70-11)37(7)50(65)54-40(32-38-21-23-39(61)24-22-38)52(67)60-30-17-18-31-71-60/h21-26,34-37,40-42,46-49,61H,12-20,27-33H2,1-11H3,(H,54,65)(H,55,66)/t36-,37+,40-,41-,42+,46-,47-,48-,49+/m0/s1. The molecule has 18 nitrogen and oxygen atoms in total. The molecule has 71 heavy (non-hydrogen) atoms. The molecule has 1 aromatic rings. The van der Waals surface area contributed by atoms with E-state index >= 15 is 0 Å². The zero-order valence-corrected chi connectivity index (χ0v) is 44.4. The Morgan fingerprint density at radius 3 is 2.07 bits per heavy atom. The van der Waals surface area contributed by atoms with E-state index in [0.717, 1.165) is 37.7 Å². The molecule has 2 fully saturated rings. The van der Waals surface area contributed by atoms with E-state index < -0.39 is 54.2 Å². The smallest absolute Gasteiger partial charge is 0.269 e. The van der Waals surface area contributed by atoms with Gasteiger partial charge in [-0.25, -0.2) is 5.06 Å². The van der Waals surface area contributed by atoms with Gasteiger partial charge in [0.1, 0.15) is 17.8 Å². The second-order valence-electron chi connectivity index (χ2n) is 20.5. The molecule has 3 aliphatic rings. The van der Waals surface area contributed by atoms with Crippen molar-refractivity contribution in [2.45, 2.75) is 162 Å². The number of unbranched alkanes of at least 4 members (excludes halogenated alkanes) is 3. The monoisotopic (exact) mass is 996 g/mol. The van der Waals surface area contributed by atoms with Crippen molar-refractivity contribution in [3.63, 3.8) is 0 Å². The fourth-order valence-electron chi connectivity index (χ4n) is 10.4. The molecule has 3 N–H and O–H groups in total. The molecule has 3 heterocycles. The van der Waals surface area contributed by atoms with E-state index in [2.05, 4.69) is 10.6 Å². The van der Waals surface area contributed by atoms with Gasteiger partial charge >= 0.3 is 0 Å². The first-order valence-corrected chi connectivity index (χ1v) is 25.9. The molecule has 2 saturated heterocycles. The minimum absolute atomic E-state index is 0.0414. The summed E-state index contributed by atoms with van der Waals surface area (Å²) in [5.74, 6) is -3.13. The van der Waals surface area contributed by atoms with Crippen LogP contribution in [0.15, 0.2) is 36.4 Å². The number of hydrogen-bond donors (Lipinski definition) is 3. The number of amides is 7. The summed E-state index contributed by atoms with van der Waals surface area (Å²) in [6, 6.07) is 3.19. The topological polar surface area (TPSA) is 208 Å². The van der Waals surface area contributed by atoms with E-state index in [-0.39, 0.29) is 71.8 Å². The number of phenols is 1. The molecule has 0 bridgehead atoms. The van der Waals surface area contributed by atoms with Crippen molar-refractivity contribution in [1.29, 1.82) is 0 Å². The molecule has 3 aliphatic heterocycles. The van der Waals surface area contributed by atoms with Crippen molar-refractivity contribution in [1.82, 2.24) is 35.3 Å². The first-order valence-electron chi connectivity index (χ1n) is 25.9. The average molecular weight is 996 g/mol. The van der Waals surface area contributed by atoms with Crippen molar-refractivity contribution in [3.8, 4) is 5.75 Å². The van der Waals surface area contributed by atoms with Gasteiger partial charge in [0.2, 0.25) is 23.6 Å². The number of hydrogen-bond acceptors (Lipinski definition) is 12. The average Bonchev–Trinajstić information content (AvgIpc) is 3.96. The van der Waals surface area contributed by atoms with Crippen molar-refractivity contribution >= 4 is 41.4 Å². The van der Waals surface area contributed by atoms with Crippen LogP contribution in [0.2, 0.25) is 0 Å². The normalized spacial score (nSPS) is 19.7. The first-order chi connectivity index (χ1) is 33.7. The maximum atomic E-state index is 14.7. The number of methoxy groups -OCH3 is 2. The highest BCUT2D eigenvalue weighted by Crippen LogP contribution is 2.30. The minimum atomic E-state index is -0.951. The predicted octanol–water partition coefficient (Wildman–Crippen LogP) is 4.48. The number of hydroxylamine groups is 2. The van der Waals surface area contributed by atoms with Gasteiger partial charge in [-0.3, -0.25) is 48.2 Å². The van der Waals surface area contributed by atoms with Crippen LogP contribution in [0.25, 0.3) is 0 Å². The number of rotatable bonds is 28. The second kappa shape index (κ2) is 28.4. The van der Waals surface area contributed by atoms with Crippen molar-refractivity contribution in [2.24, 2.45) is 23.7 Å². The maximum Gasteiger partial charge on any atom is 0.269 e. The van der Waals surface area contributed by atoms with Crippen LogP contribution in [0.1, 0.15) is 118 Å². The number of ether oxygens (including phenoxy) is 2. The summed E-state index contributed by atoms with van der Waals surface area (Å²) in [5, 5.41) is 17.2. The Bertz CT molecular complexity index is 1940. The number of carbonyl (C=O) groups excluding carboxylic acids is 7. The molecular weight excluding hydrogens is 911 g/mol. The Morgan fingerprint density at radius 1 is 0.831 bits per heavy atom. The van der Waals surface area contributed by atoms with Gasteiger partial charge in [-0.2, -0.15) is 0 Å². The molecular formula is C53H85N7O11. The number of carbonyl (C=O) groups is 7. The number of benzene rings is 1. The molecule has 0 aliphatic carbocycles. The minimum Gasteiger partial charge on any atom is -0.508 e. The molecule has 1 aromatic carbocycles. The number of aromatic hydroxyl groups is 1. The largest absolute Gasteiger partial charge is 0.508 e. The zero-order valence-electron chi connectivity index (χ0n) is 44.4. The molecule has 0 aromatic heterocycles. The Labute approximate surface area is 422 Å². The predicted molar refractivity (Wildman–Crippen MR) is 269 cm³/mol. The molecule has 0 saturated carbocycles. The highest BCUT2D eigenvalue weighted by molar-refractivity contribution is 6.12. The fraction of sp³-hybridized carbons (Fsp3) is 0.717. The van der Waals surface area contributed by atoms with Crippen LogP contribution in [-0.4, -0.2) is 175 Å². The van der Waals surface area contributed by atoms with E-state index in [1.54, 1.807) is 43.0 Å². The van der Waals surface area contributed by atoms with Gasteiger partial charge in [-0.15, -0.1) is 0 Å². The van der Waals surface area contributed by atoms with E-state index in [0.29, 0.717) is 58.5 Å². The third-order valence-corrected chi connectivity index (χ3v) is 14.6. The van der Waals surface area contributed by atoms with Gasteiger partial charge in [0, 0.05) is 59.5 Å². The molecule has 398 valence electrons. The van der Waals surface area contributed by atoms with Crippen LogP contribution in [0.4, 0.5) is 0 Å². The zero-order chi connectivity index (χ0) is 52.5. The number of likely N-dealkylation sites (tertiary alicyclic amines) is 1. The fourth-order valence-corrected chi connectivity index (χ4v) is 10.4. The lowest BCUT2D eigenvalue weighted by Crippen LogP contribution is -2.60. The van der Waals surface area contributed by atoms with Gasteiger partial charge in [-0.1, -0.05) is 79.9 Å². The van der Waals surface area contributed by atoms with Crippen LogP contribution in [0, 0.1) is 23.7 Å². The lowest BCUT2D eigenvalue weighted by atomic mass is 9.89. The number of phenolic OH excluding ortho intramolecular Hbond substituents is 1. The lowest BCUT2D eigenvalue weighted by Gasteiger charge is -2.41. The molecule has 0 radical (unpaired) electrons. The molecule has 9 atom stereocenters. The Morgan fingerprint density at radius 2 is 1.49 bits per heavy atom. The van der Waals surface area contributed by atoms with Crippen LogP contribution < -0.4 is 10.6 Å². The molecule has 4 rings (SSSR count). The third-order valence-electron chi connectivity index (χ3n) is 14.6. The molecule has 7 amide bonds. The Kier molecular flexibility index (Phi) is 23.4. The van der Waals surface area contributed by atoms with Crippen LogP contribution in [0.5, 0.6) is 5.75 Å². The summed E-state index contributed by atoms with van der Waals surface area (Å²) in [6.45, 7) is 15.8. The first kappa shape index (κ1) is 58.7. The van der Waals surface area contributed by atoms with E-state index in [9.17, 15) is 38.7 Å². The summed E-state index contributed by atoms with van der Waals surface area (Å²) < 4.78 is 12.1. The number of imide groups is 1. The van der Waals surface area contributed by atoms with Crippen molar-refractivity contribution in [3.05, 3.63) is 42.0 Å². The highest BCUT2D eigenvalue weighted by atomic mass is 16.7. The Balaban J connectivity index is 1.42.